The third-order valence-corrected chi connectivity index (χ3v) is 5.59. The van der Waals surface area contributed by atoms with Crippen molar-refractivity contribution in [3.8, 4) is 5.75 Å². The van der Waals surface area contributed by atoms with Crippen LogP contribution < -0.4 is 10.1 Å². The first-order valence-corrected chi connectivity index (χ1v) is 11.0. The second-order valence-corrected chi connectivity index (χ2v) is 9.78. The van der Waals surface area contributed by atoms with Gasteiger partial charge in [0.25, 0.3) is 5.91 Å². The summed E-state index contributed by atoms with van der Waals surface area (Å²) in [6.07, 6.45) is -0.0590. The van der Waals surface area contributed by atoms with Gasteiger partial charge in [-0.15, -0.1) is 0 Å². The molecule has 1 amide bonds. The van der Waals surface area contributed by atoms with Crippen LogP contribution in [0.3, 0.4) is 0 Å². The minimum Gasteiger partial charge on any atom is -0.490 e. The third-order valence-electron chi connectivity index (χ3n) is 5.59. The molecule has 0 fully saturated rings. The van der Waals surface area contributed by atoms with E-state index >= 15 is 0 Å². The fourth-order valence-corrected chi connectivity index (χ4v) is 4.30. The highest BCUT2D eigenvalue weighted by Crippen LogP contribution is 2.34. The van der Waals surface area contributed by atoms with E-state index in [0.717, 1.165) is 18.8 Å². The van der Waals surface area contributed by atoms with Crippen LogP contribution in [0, 0.1) is 5.92 Å². The zero-order valence-electron chi connectivity index (χ0n) is 19.7. The predicted octanol–water partition coefficient (Wildman–Crippen LogP) is 5.29. The summed E-state index contributed by atoms with van der Waals surface area (Å²) in [4.78, 5) is 28.0. The molecule has 1 aliphatic rings. The summed E-state index contributed by atoms with van der Waals surface area (Å²) in [5, 5.41) is 3.00. The molecule has 1 aliphatic heterocycles. The predicted molar refractivity (Wildman–Crippen MR) is 125 cm³/mol. The highest BCUT2D eigenvalue weighted by Gasteiger charge is 2.30. The van der Waals surface area contributed by atoms with Crippen LogP contribution in [0.25, 0.3) is 0 Å². The standard InChI is InChI=1S/C26H34N2O3/c1-16(2)24(29)21-13-18(8-11-23(21)31-17(3)4)25(30)27-20-9-10-22-19(12-20)14-28(7)15-26(22,5)6/h8-13,16-17H,14-15H2,1-7H3,(H,27,30). The normalized spacial score (nSPS) is 15.6. The number of likely N-dealkylation sites (N-methyl/N-ethyl adjacent to an activating group) is 1. The molecule has 0 saturated carbocycles. The molecule has 0 spiro atoms. The average molecular weight is 423 g/mol. The maximum atomic E-state index is 13.0. The molecular formula is C26H34N2O3. The van der Waals surface area contributed by atoms with Gasteiger partial charge < -0.3 is 15.0 Å². The van der Waals surface area contributed by atoms with E-state index in [1.807, 2.05) is 33.8 Å². The van der Waals surface area contributed by atoms with E-state index in [1.165, 1.54) is 11.1 Å². The number of nitrogens with zero attached hydrogens (tertiary/aromatic N) is 1. The van der Waals surface area contributed by atoms with E-state index in [-0.39, 0.29) is 29.1 Å². The number of ether oxygens (including phenoxy) is 1. The van der Waals surface area contributed by atoms with Crippen LogP contribution in [0.5, 0.6) is 5.75 Å². The van der Waals surface area contributed by atoms with Crippen molar-refractivity contribution < 1.29 is 14.3 Å². The molecule has 0 bridgehead atoms. The fraction of sp³-hybridized carbons (Fsp3) is 0.462. The summed E-state index contributed by atoms with van der Waals surface area (Å²) in [6, 6.07) is 11.2. The molecule has 2 aromatic rings. The molecule has 2 aromatic carbocycles. The van der Waals surface area contributed by atoms with E-state index in [1.54, 1.807) is 18.2 Å². The van der Waals surface area contributed by atoms with Crippen LogP contribution in [0.1, 0.15) is 73.4 Å². The van der Waals surface area contributed by atoms with Crippen molar-refractivity contribution in [2.45, 2.75) is 59.6 Å². The number of amides is 1. The van der Waals surface area contributed by atoms with Crippen molar-refractivity contribution in [2.75, 3.05) is 18.9 Å². The monoisotopic (exact) mass is 422 g/mol. The number of Topliss-reactive ketones (excluding diaryl/α,β-unsaturated/α-hetero) is 1. The highest BCUT2D eigenvalue weighted by atomic mass is 16.5. The molecule has 0 saturated heterocycles. The zero-order valence-corrected chi connectivity index (χ0v) is 19.7. The van der Waals surface area contributed by atoms with E-state index in [4.69, 9.17) is 4.74 Å². The maximum absolute atomic E-state index is 13.0. The van der Waals surface area contributed by atoms with Crippen molar-refractivity contribution in [3.63, 3.8) is 0 Å². The molecule has 166 valence electrons. The summed E-state index contributed by atoms with van der Waals surface area (Å²) >= 11 is 0. The lowest BCUT2D eigenvalue weighted by Gasteiger charge is -2.38. The Balaban J connectivity index is 1.88. The SMILES string of the molecule is CC(C)Oc1ccc(C(=O)Nc2ccc3c(c2)CN(C)CC3(C)C)cc1C(=O)C(C)C. The molecule has 5 heteroatoms. The molecule has 0 unspecified atom stereocenters. The smallest absolute Gasteiger partial charge is 0.255 e. The highest BCUT2D eigenvalue weighted by molar-refractivity contribution is 6.07. The van der Waals surface area contributed by atoms with E-state index in [2.05, 4.69) is 43.2 Å². The summed E-state index contributed by atoms with van der Waals surface area (Å²) in [6.45, 7) is 13.9. The molecule has 5 nitrogen and oxygen atoms in total. The lowest BCUT2D eigenvalue weighted by Crippen LogP contribution is -2.39. The molecule has 0 aliphatic carbocycles. The van der Waals surface area contributed by atoms with Gasteiger partial charge in [0.1, 0.15) is 5.75 Å². The lowest BCUT2D eigenvalue weighted by molar-refractivity contribution is 0.0933. The minimum atomic E-state index is -0.239. The first-order valence-electron chi connectivity index (χ1n) is 11.0. The topological polar surface area (TPSA) is 58.6 Å². The summed E-state index contributed by atoms with van der Waals surface area (Å²) < 4.78 is 5.80. The van der Waals surface area contributed by atoms with Crippen molar-refractivity contribution >= 4 is 17.4 Å². The van der Waals surface area contributed by atoms with Crippen molar-refractivity contribution in [3.05, 3.63) is 58.7 Å². The van der Waals surface area contributed by atoms with Crippen LogP contribution in [0.15, 0.2) is 36.4 Å². The molecular weight excluding hydrogens is 388 g/mol. The first-order chi connectivity index (χ1) is 14.5. The van der Waals surface area contributed by atoms with Gasteiger partial charge in [0, 0.05) is 35.7 Å². The van der Waals surface area contributed by atoms with Crippen LogP contribution in [-0.4, -0.2) is 36.3 Å². The van der Waals surface area contributed by atoms with E-state index < -0.39 is 0 Å². The lowest BCUT2D eigenvalue weighted by atomic mass is 9.78. The van der Waals surface area contributed by atoms with Crippen LogP contribution in [-0.2, 0) is 12.0 Å². The molecule has 31 heavy (non-hydrogen) atoms. The second-order valence-electron chi connectivity index (χ2n) is 9.78. The van der Waals surface area contributed by atoms with Crippen molar-refractivity contribution in [1.29, 1.82) is 0 Å². The van der Waals surface area contributed by atoms with Gasteiger partial charge in [-0.2, -0.15) is 0 Å². The van der Waals surface area contributed by atoms with Gasteiger partial charge >= 0.3 is 0 Å². The molecule has 3 rings (SSSR count). The number of nitrogens with one attached hydrogen (secondary N) is 1. The summed E-state index contributed by atoms with van der Waals surface area (Å²) in [7, 11) is 2.12. The first kappa shape index (κ1) is 23.0. The Morgan fingerprint density at radius 3 is 2.42 bits per heavy atom. The Kier molecular flexibility index (Phi) is 6.56. The molecule has 1 N–H and O–H groups in total. The Morgan fingerprint density at radius 1 is 1.06 bits per heavy atom. The van der Waals surface area contributed by atoms with Gasteiger partial charge in [-0.05, 0) is 62.4 Å². The Hall–Kier alpha value is -2.66. The van der Waals surface area contributed by atoms with Crippen LogP contribution >= 0.6 is 0 Å². The number of rotatable bonds is 6. The number of carbonyl (C=O) groups is 2. The molecule has 1 heterocycles. The fourth-order valence-electron chi connectivity index (χ4n) is 4.30. The summed E-state index contributed by atoms with van der Waals surface area (Å²) in [5.41, 5.74) is 4.27. The summed E-state index contributed by atoms with van der Waals surface area (Å²) in [5.74, 6) is 0.0553. The van der Waals surface area contributed by atoms with Gasteiger partial charge in [0.05, 0.1) is 11.7 Å². The van der Waals surface area contributed by atoms with E-state index in [9.17, 15) is 9.59 Å². The Morgan fingerprint density at radius 2 is 1.77 bits per heavy atom. The Bertz CT molecular complexity index is 992. The number of benzene rings is 2. The van der Waals surface area contributed by atoms with Crippen LogP contribution in [0.4, 0.5) is 5.69 Å². The third kappa shape index (κ3) is 5.16. The number of hydrogen-bond donors (Lipinski definition) is 1. The maximum Gasteiger partial charge on any atom is 0.255 e. The number of anilines is 1. The zero-order chi connectivity index (χ0) is 22.9. The van der Waals surface area contributed by atoms with Gasteiger partial charge in [0.2, 0.25) is 0 Å². The second kappa shape index (κ2) is 8.83. The number of fused-ring (bicyclic) bond motifs is 1. The number of ketones is 1. The quantitative estimate of drug-likeness (QED) is 0.643. The Labute approximate surface area is 185 Å². The molecule has 0 aromatic heterocycles. The van der Waals surface area contributed by atoms with Crippen LogP contribution in [0.2, 0.25) is 0 Å². The van der Waals surface area contributed by atoms with Gasteiger partial charge in [-0.25, -0.2) is 0 Å². The van der Waals surface area contributed by atoms with Crippen molar-refractivity contribution in [2.24, 2.45) is 5.92 Å². The number of carbonyl (C=O) groups excluding carboxylic acids is 2. The minimum absolute atomic E-state index is 0.0376. The van der Waals surface area contributed by atoms with Gasteiger partial charge in [-0.3, -0.25) is 9.59 Å². The molecule has 0 atom stereocenters. The molecule has 0 radical (unpaired) electrons. The van der Waals surface area contributed by atoms with Gasteiger partial charge in [0.15, 0.2) is 5.78 Å². The van der Waals surface area contributed by atoms with E-state index in [0.29, 0.717) is 16.9 Å². The largest absolute Gasteiger partial charge is 0.490 e. The average Bonchev–Trinajstić information content (AvgIpc) is 2.66. The van der Waals surface area contributed by atoms with Crippen molar-refractivity contribution in [1.82, 2.24) is 4.90 Å². The number of hydrogen-bond acceptors (Lipinski definition) is 4. The van der Waals surface area contributed by atoms with Gasteiger partial charge in [-0.1, -0.05) is 33.8 Å².